The lowest BCUT2D eigenvalue weighted by atomic mass is 10.0. The smallest absolute Gasteiger partial charge is 0.309 e. The maximum absolute atomic E-state index is 13.0. The Hall–Kier alpha value is -2.89. The summed E-state index contributed by atoms with van der Waals surface area (Å²) in [6.07, 6.45) is -9.82. The molecule has 0 bridgehead atoms. The van der Waals surface area contributed by atoms with Gasteiger partial charge in [0, 0.05) is 26.7 Å². The minimum absolute atomic E-state index is 0.0624. The first kappa shape index (κ1) is 26.7. The van der Waals surface area contributed by atoms with Crippen molar-refractivity contribution in [2.45, 2.75) is 36.9 Å². The number of nitrogens with one attached hydrogen (secondary N) is 1. The molecule has 0 saturated heterocycles. The Morgan fingerprint density at radius 1 is 0.714 bits per heavy atom. The first-order valence-electron chi connectivity index (χ1n) is 10.3. The van der Waals surface area contributed by atoms with Gasteiger partial charge in [-0.25, -0.2) is 8.42 Å². The van der Waals surface area contributed by atoms with E-state index in [4.69, 9.17) is 0 Å². The molecule has 3 aromatic rings. The van der Waals surface area contributed by atoms with E-state index in [1.165, 1.54) is 35.6 Å². The zero-order valence-corrected chi connectivity index (χ0v) is 19.3. The highest BCUT2D eigenvalue weighted by Crippen LogP contribution is 2.36. The molecule has 0 aliphatic heterocycles. The van der Waals surface area contributed by atoms with Crippen LogP contribution in [0.5, 0.6) is 0 Å². The van der Waals surface area contributed by atoms with Crippen molar-refractivity contribution in [2.75, 3.05) is 7.05 Å². The summed E-state index contributed by atoms with van der Waals surface area (Å²) in [5.74, 6) is 0. The Morgan fingerprint density at radius 3 is 1.74 bits per heavy atom. The first-order valence-corrected chi connectivity index (χ1v) is 11.8. The van der Waals surface area contributed by atoms with Crippen LogP contribution in [0.25, 0.3) is 0 Å². The number of alkyl halides is 6. The Bertz CT molecular complexity index is 1210. The van der Waals surface area contributed by atoms with Crippen molar-refractivity contribution in [2.24, 2.45) is 0 Å². The lowest BCUT2D eigenvalue weighted by Crippen LogP contribution is -2.26. The van der Waals surface area contributed by atoms with Crippen molar-refractivity contribution in [3.05, 3.63) is 101 Å². The van der Waals surface area contributed by atoms with Crippen LogP contribution < -0.4 is 5.32 Å². The van der Waals surface area contributed by atoms with E-state index in [1.54, 1.807) is 12.1 Å². The average Bonchev–Trinajstić information content (AvgIpc) is 2.79. The molecule has 11 heteroatoms. The topological polar surface area (TPSA) is 49.4 Å². The molecule has 0 saturated carbocycles. The van der Waals surface area contributed by atoms with Crippen LogP contribution in [0.3, 0.4) is 0 Å². The second-order valence-electron chi connectivity index (χ2n) is 7.91. The molecule has 4 nitrogen and oxygen atoms in total. The van der Waals surface area contributed by atoms with Gasteiger partial charge in [-0.15, -0.1) is 0 Å². The van der Waals surface area contributed by atoms with Crippen molar-refractivity contribution in [1.82, 2.24) is 9.62 Å². The number of hydrogen-bond donors (Lipinski definition) is 1. The van der Waals surface area contributed by atoms with E-state index in [-0.39, 0.29) is 36.2 Å². The largest absolute Gasteiger partial charge is 0.416 e. The molecule has 0 atom stereocenters. The van der Waals surface area contributed by atoms with Crippen molar-refractivity contribution >= 4 is 10.0 Å². The quantitative estimate of drug-likeness (QED) is 0.383. The van der Waals surface area contributed by atoms with E-state index in [1.807, 2.05) is 18.2 Å². The molecular formula is C24H22F6N2O2S. The van der Waals surface area contributed by atoms with Gasteiger partial charge >= 0.3 is 12.4 Å². The second kappa shape index (κ2) is 10.4. The molecule has 3 aromatic carbocycles. The number of rotatable bonds is 8. The molecule has 0 spiro atoms. The van der Waals surface area contributed by atoms with Crippen molar-refractivity contribution < 1.29 is 34.8 Å². The fourth-order valence-corrected chi connectivity index (χ4v) is 4.52. The number of halogens is 6. The van der Waals surface area contributed by atoms with Gasteiger partial charge in [-0.3, -0.25) is 0 Å². The van der Waals surface area contributed by atoms with E-state index >= 15 is 0 Å². The Labute approximate surface area is 199 Å². The van der Waals surface area contributed by atoms with Gasteiger partial charge in [-0.05, 0) is 47.0 Å². The summed E-state index contributed by atoms with van der Waals surface area (Å²) in [5, 5.41) is 2.79. The molecule has 0 amide bonds. The van der Waals surface area contributed by atoms with Crippen molar-refractivity contribution in [3.8, 4) is 0 Å². The molecule has 3 rings (SSSR count). The Morgan fingerprint density at radius 2 is 1.23 bits per heavy atom. The summed E-state index contributed by atoms with van der Waals surface area (Å²) in [5.41, 5.74) is -1.49. The van der Waals surface area contributed by atoms with Gasteiger partial charge < -0.3 is 5.32 Å². The third-order valence-electron chi connectivity index (χ3n) is 5.19. The van der Waals surface area contributed by atoms with E-state index in [0.717, 1.165) is 5.56 Å². The highest BCUT2D eigenvalue weighted by molar-refractivity contribution is 7.89. The van der Waals surface area contributed by atoms with E-state index in [2.05, 4.69) is 5.32 Å². The summed E-state index contributed by atoms with van der Waals surface area (Å²) in [6, 6.07) is 16.3. The fourth-order valence-electron chi connectivity index (χ4n) is 3.36. The average molecular weight is 517 g/mol. The number of benzene rings is 3. The fraction of sp³-hybridized carbons (Fsp3) is 0.250. The number of nitrogens with zero attached hydrogens (tertiary/aromatic N) is 1. The van der Waals surface area contributed by atoms with E-state index in [9.17, 15) is 34.8 Å². The number of sulfonamides is 1. The third-order valence-corrected chi connectivity index (χ3v) is 7.00. The molecule has 0 unspecified atom stereocenters. The molecular weight excluding hydrogens is 494 g/mol. The van der Waals surface area contributed by atoms with Crippen LogP contribution in [0.4, 0.5) is 26.3 Å². The third kappa shape index (κ3) is 7.06. The predicted octanol–water partition coefficient (Wildman–Crippen LogP) is 5.83. The summed E-state index contributed by atoms with van der Waals surface area (Å²) >= 11 is 0. The zero-order chi connectivity index (χ0) is 25.9. The Kier molecular flexibility index (Phi) is 7.93. The SMILES string of the molecule is CN(Cc1ccccc1)S(=O)(=O)c1ccc(CNCc2cc(C(F)(F)F)cc(C(F)(F)F)c2)cc1. The number of hydrogen-bond acceptors (Lipinski definition) is 3. The second-order valence-corrected chi connectivity index (χ2v) is 9.95. The molecule has 0 aromatic heterocycles. The highest BCUT2D eigenvalue weighted by atomic mass is 32.2. The normalized spacial score (nSPS) is 12.8. The van der Waals surface area contributed by atoms with Crippen LogP contribution in [0, 0.1) is 0 Å². The van der Waals surface area contributed by atoms with E-state index < -0.39 is 33.5 Å². The van der Waals surface area contributed by atoms with E-state index in [0.29, 0.717) is 17.7 Å². The van der Waals surface area contributed by atoms with Gasteiger partial charge in [0.1, 0.15) is 0 Å². The van der Waals surface area contributed by atoms with Crippen molar-refractivity contribution in [3.63, 3.8) is 0 Å². The maximum Gasteiger partial charge on any atom is 0.416 e. The summed E-state index contributed by atoms with van der Waals surface area (Å²) < 4.78 is 105. The molecule has 0 aliphatic carbocycles. The van der Waals surface area contributed by atoms with Crippen LogP contribution in [0.2, 0.25) is 0 Å². The van der Waals surface area contributed by atoms with Gasteiger partial charge in [0.2, 0.25) is 10.0 Å². The molecule has 1 N–H and O–H groups in total. The summed E-state index contributed by atoms with van der Waals surface area (Å²) in [7, 11) is -2.29. The predicted molar refractivity (Wildman–Crippen MR) is 119 cm³/mol. The van der Waals surface area contributed by atoms with Crippen LogP contribution in [-0.4, -0.2) is 19.8 Å². The van der Waals surface area contributed by atoms with Crippen LogP contribution in [-0.2, 0) is 42.0 Å². The lowest BCUT2D eigenvalue weighted by molar-refractivity contribution is -0.143. The van der Waals surface area contributed by atoms with Gasteiger partial charge in [0.15, 0.2) is 0 Å². The van der Waals surface area contributed by atoms with Crippen LogP contribution >= 0.6 is 0 Å². The summed E-state index contributed by atoms with van der Waals surface area (Å²) in [6.45, 7) is 0.0496. The molecule has 0 fully saturated rings. The van der Waals surface area contributed by atoms with Gasteiger partial charge in [0.25, 0.3) is 0 Å². The molecule has 188 valence electrons. The van der Waals surface area contributed by atoms with Crippen LogP contribution in [0.1, 0.15) is 27.8 Å². The molecule has 35 heavy (non-hydrogen) atoms. The Balaban J connectivity index is 1.66. The molecule has 0 heterocycles. The molecule has 0 radical (unpaired) electrons. The van der Waals surface area contributed by atoms with Crippen LogP contribution in [0.15, 0.2) is 77.7 Å². The standard InChI is InChI=1S/C24H22F6N2O2S/c1-32(16-18-5-3-2-4-6-18)35(33,34)22-9-7-17(8-10-22)14-31-15-19-11-20(23(25,26)27)13-21(12-19)24(28,29)30/h2-13,31H,14-16H2,1H3. The maximum atomic E-state index is 13.0. The van der Waals surface area contributed by atoms with Gasteiger partial charge in [-0.1, -0.05) is 42.5 Å². The summed E-state index contributed by atoms with van der Waals surface area (Å²) in [4.78, 5) is 0.0624. The van der Waals surface area contributed by atoms with Gasteiger partial charge in [-0.2, -0.15) is 30.6 Å². The minimum atomic E-state index is -4.91. The monoisotopic (exact) mass is 516 g/mol. The highest BCUT2D eigenvalue weighted by Gasteiger charge is 2.36. The molecule has 0 aliphatic rings. The van der Waals surface area contributed by atoms with Gasteiger partial charge in [0.05, 0.1) is 16.0 Å². The van der Waals surface area contributed by atoms with Crippen molar-refractivity contribution in [1.29, 1.82) is 0 Å². The minimum Gasteiger partial charge on any atom is -0.309 e. The lowest BCUT2D eigenvalue weighted by Gasteiger charge is -2.17. The first-order chi connectivity index (χ1) is 16.3. The zero-order valence-electron chi connectivity index (χ0n) is 18.5.